The van der Waals surface area contributed by atoms with Crippen LogP contribution < -0.4 is 5.73 Å². The van der Waals surface area contributed by atoms with Gasteiger partial charge < -0.3 is 5.73 Å². The molecule has 1 nitrogen and oxygen atoms in total. The Kier molecular flexibility index (Phi) is 3.26. The summed E-state index contributed by atoms with van der Waals surface area (Å²) in [6, 6.07) is 0.528. The Hall–Kier alpha value is -0.0400. The third-order valence-corrected chi connectivity index (χ3v) is 3.96. The maximum atomic E-state index is 6.00. The van der Waals surface area contributed by atoms with Crippen LogP contribution in [0.3, 0.4) is 0 Å². The van der Waals surface area contributed by atoms with E-state index in [-0.39, 0.29) is 0 Å². The summed E-state index contributed by atoms with van der Waals surface area (Å²) in [5.74, 6) is 2.04. The fourth-order valence-corrected chi connectivity index (χ4v) is 3.26. The summed E-state index contributed by atoms with van der Waals surface area (Å²) in [5, 5.41) is 0. The number of hydrogen-bond donors (Lipinski definition) is 1. The summed E-state index contributed by atoms with van der Waals surface area (Å²) in [4.78, 5) is 0. The third kappa shape index (κ3) is 2.70. The lowest BCUT2D eigenvalue weighted by molar-refractivity contribution is 0.267. The fraction of sp³-hybridized carbons (Fsp3) is 1.00. The van der Waals surface area contributed by atoms with E-state index in [1.54, 1.807) is 0 Å². The van der Waals surface area contributed by atoms with E-state index in [9.17, 15) is 0 Å². The molecule has 2 aliphatic carbocycles. The Morgan fingerprint density at radius 1 is 0.846 bits per heavy atom. The van der Waals surface area contributed by atoms with Crippen molar-refractivity contribution in [3.8, 4) is 0 Å². The van der Waals surface area contributed by atoms with Gasteiger partial charge in [-0.05, 0) is 31.1 Å². The standard InChI is InChI=1S/C12H23N/c13-12-7-3-6-11(9-12)8-10-4-1-2-5-10/h10-12H,1-9,13H2. The molecule has 2 rings (SSSR count). The van der Waals surface area contributed by atoms with Gasteiger partial charge in [0.15, 0.2) is 0 Å². The van der Waals surface area contributed by atoms with E-state index in [1.807, 2.05) is 0 Å². The van der Waals surface area contributed by atoms with E-state index in [0.29, 0.717) is 6.04 Å². The van der Waals surface area contributed by atoms with Gasteiger partial charge in [0, 0.05) is 6.04 Å². The van der Waals surface area contributed by atoms with E-state index < -0.39 is 0 Å². The van der Waals surface area contributed by atoms with Crippen LogP contribution >= 0.6 is 0 Å². The fourth-order valence-electron chi connectivity index (χ4n) is 3.26. The van der Waals surface area contributed by atoms with E-state index in [4.69, 9.17) is 5.73 Å². The van der Waals surface area contributed by atoms with Crippen LogP contribution in [-0.2, 0) is 0 Å². The lowest BCUT2D eigenvalue weighted by atomic mass is 9.80. The van der Waals surface area contributed by atoms with Gasteiger partial charge in [-0.2, -0.15) is 0 Å². The van der Waals surface area contributed by atoms with Gasteiger partial charge in [0.25, 0.3) is 0 Å². The first-order valence-electron chi connectivity index (χ1n) is 6.10. The van der Waals surface area contributed by atoms with Crippen LogP contribution in [0.1, 0.15) is 57.8 Å². The molecule has 13 heavy (non-hydrogen) atoms. The molecule has 0 saturated heterocycles. The van der Waals surface area contributed by atoms with Crippen molar-refractivity contribution in [2.75, 3.05) is 0 Å². The maximum Gasteiger partial charge on any atom is 0.00414 e. The molecule has 0 heterocycles. The van der Waals surface area contributed by atoms with Crippen molar-refractivity contribution in [3.63, 3.8) is 0 Å². The molecule has 2 atom stereocenters. The molecule has 0 bridgehead atoms. The molecule has 0 aliphatic heterocycles. The van der Waals surface area contributed by atoms with Crippen molar-refractivity contribution in [3.05, 3.63) is 0 Å². The van der Waals surface area contributed by atoms with Gasteiger partial charge in [-0.3, -0.25) is 0 Å². The highest BCUT2D eigenvalue weighted by molar-refractivity contribution is 4.78. The summed E-state index contributed by atoms with van der Waals surface area (Å²) in [5.41, 5.74) is 6.00. The highest BCUT2D eigenvalue weighted by atomic mass is 14.6. The van der Waals surface area contributed by atoms with Gasteiger partial charge in [-0.15, -0.1) is 0 Å². The smallest absolute Gasteiger partial charge is 0.00414 e. The quantitative estimate of drug-likeness (QED) is 0.696. The van der Waals surface area contributed by atoms with Crippen LogP contribution in [0, 0.1) is 11.8 Å². The molecule has 0 spiro atoms. The average Bonchev–Trinajstić information content (AvgIpc) is 2.57. The minimum Gasteiger partial charge on any atom is -0.328 e. The topological polar surface area (TPSA) is 26.0 Å². The predicted octanol–water partition coefficient (Wildman–Crippen LogP) is 3.08. The Morgan fingerprint density at radius 2 is 1.54 bits per heavy atom. The number of nitrogens with two attached hydrogens (primary N) is 1. The first kappa shape index (κ1) is 9.51. The van der Waals surface area contributed by atoms with Gasteiger partial charge in [-0.25, -0.2) is 0 Å². The molecular weight excluding hydrogens is 158 g/mol. The SMILES string of the molecule is NC1CCCC(CC2CCCC2)C1. The zero-order valence-electron chi connectivity index (χ0n) is 8.67. The molecule has 0 aromatic rings. The molecule has 0 radical (unpaired) electrons. The van der Waals surface area contributed by atoms with Crippen molar-refractivity contribution in [2.45, 2.75) is 63.8 Å². The third-order valence-electron chi connectivity index (χ3n) is 3.96. The van der Waals surface area contributed by atoms with Gasteiger partial charge >= 0.3 is 0 Å². The largest absolute Gasteiger partial charge is 0.328 e. The summed E-state index contributed by atoms with van der Waals surface area (Å²) < 4.78 is 0. The molecule has 2 N–H and O–H groups in total. The summed E-state index contributed by atoms with van der Waals surface area (Å²) in [7, 11) is 0. The summed E-state index contributed by atoms with van der Waals surface area (Å²) in [6.07, 6.45) is 12.9. The van der Waals surface area contributed by atoms with Crippen LogP contribution in [0.2, 0.25) is 0 Å². The molecule has 2 saturated carbocycles. The molecule has 2 fully saturated rings. The van der Waals surface area contributed by atoms with Crippen molar-refractivity contribution < 1.29 is 0 Å². The van der Waals surface area contributed by atoms with Crippen molar-refractivity contribution in [1.82, 2.24) is 0 Å². The van der Waals surface area contributed by atoms with Crippen LogP contribution in [0.5, 0.6) is 0 Å². The lowest BCUT2D eigenvalue weighted by Gasteiger charge is -2.28. The molecule has 2 aliphatic rings. The Balaban J connectivity index is 1.73. The molecule has 0 amide bonds. The van der Waals surface area contributed by atoms with E-state index in [2.05, 4.69) is 0 Å². The van der Waals surface area contributed by atoms with Crippen LogP contribution in [0.4, 0.5) is 0 Å². The summed E-state index contributed by atoms with van der Waals surface area (Å²) >= 11 is 0. The van der Waals surface area contributed by atoms with Crippen molar-refractivity contribution >= 4 is 0 Å². The molecule has 2 unspecified atom stereocenters. The second-order valence-corrected chi connectivity index (χ2v) is 5.18. The van der Waals surface area contributed by atoms with E-state index in [0.717, 1.165) is 11.8 Å². The second-order valence-electron chi connectivity index (χ2n) is 5.18. The Bertz CT molecular complexity index is 149. The zero-order chi connectivity index (χ0) is 9.10. The molecule has 0 aromatic heterocycles. The van der Waals surface area contributed by atoms with Crippen molar-refractivity contribution in [1.29, 1.82) is 0 Å². The highest BCUT2D eigenvalue weighted by Crippen LogP contribution is 2.35. The molecule has 1 heteroatoms. The number of hydrogen-bond acceptors (Lipinski definition) is 1. The minimum absolute atomic E-state index is 0.528. The van der Waals surface area contributed by atoms with Crippen LogP contribution in [0.25, 0.3) is 0 Å². The zero-order valence-corrected chi connectivity index (χ0v) is 8.67. The Morgan fingerprint density at radius 3 is 2.23 bits per heavy atom. The normalized spacial score (nSPS) is 36.7. The first-order valence-corrected chi connectivity index (χ1v) is 6.10. The summed E-state index contributed by atoms with van der Waals surface area (Å²) in [6.45, 7) is 0. The number of rotatable bonds is 2. The average molecular weight is 181 g/mol. The van der Waals surface area contributed by atoms with E-state index in [1.165, 1.54) is 57.8 Å². The maximum absolute atomic E-state index is 6.00. The van der Waals surface area contributed by atoms with Gasteiger partial charge in [0.05, 0.1) is 0 Å². The highest BCUT2D eigenvalue weighted by Gasteiger charge is 2.24. The first-order chi connectivity index (χ1) is 6.34. The monoisotopic (exact) mass is 181 g/mol. The van der Waals surface area contributed by atoms with Crippen LogP contribution in [0.15, 0.2) is 0 Å². The van der Waals surface area contributed by atoms with Crippen LogP contribution in [-0.4, -0.2) is 6.04 Å². The predicted molar refractivity (Wildman–Crippen MR) is 56.5 cm³/mol. The van der Waals surface area contributed by atoms with Gasteiger partial charge in [0.2, 0.25) is 0 Å². The molecular formula is C12H23N. The van der Waals surface area contributed by atoms with Gasteiger partial charge in [0.1, 0.15) is 0 Å². The lowest BCUT2D eigenvalue weighted by Crippen LogP contribution is -2.28. The minimum atomic E-state index is 0.528. The molecule has 0 aromatic carbocycles. The van der Waals surface area contributed by atoms with Gasteiger partial charge in [-0.1, -0.05) is 38.5 Å². The molecule has 76 valence electrons. The van der Waals surface area contributed by atoms with Crippen molar-refractivity contribution in [2.24, 2.45) is 17.6 Å². The van der Waals surface area contributed by atoms with E-state index >= 15 is 0 Å². The second kappa shape index (κ2) is 4.45. The Labute approximate surface area is 82.1 Å².